The number of aromatic nitrogens is 2. The Bertz CT molecular complexity index is 543. The summed E-state index contributed by atoms with van der Waals surface area (Å²) in [6, 6.07) is 7.54. The fourth-order valence-electron chi connectivity index (χ4n) is 1.56. The Morgan fingerprint density at radius 3 is 2.63 bits per heavy atom. The fourth-order valence-corrected chi connectivity index (χ4v) is 1.56. The largest absolute Gasteiger partial charge is 0.439 e. The number of nitrogens with zero attached hydrogens (tertiary/aromatic N) is 2. The van der Waals surface area contributed by atoms with Crippen molar-refractivity contribution in [3.05, 3.63) is 42.0 Å². The molecule has 0 aliphatic rings. The van der Waals surface area contributed by atoms with E-state index in [-0.39, 0.29) is 5.82 Å². The number of hydrogen-bond donors (Lipinski definition) is 1. The second-order valence-corrected chi connectivity index (χ2v) is 4.12. The van der Waals surface area contributed by atoms with E-state index in [9.17, 15) is 4.39 Å². The molecule has 1 aromatic heterocycles. The van der Waals surface area contributed by atoms with Gasteiger partial charge in [-0.2, -0.15) is 4.98 Å². The normalized spacial score (nSPS) is 10.3. The van der Waals surface area contributed by atoms with Gasteiger partial charge < -0.3 is 10.1 Å². The van der Waals surface area contributed by atoms with Gasteiger partial charge >= 0.3 is 0 Å². The Balaban J connectivity index is 2.15. The Hall–Kier alpha value is -2.17. The van der Waals surface area contributed by atoms with Gasteiger partial charge in [0.2, 0.25) is 5.88 Å². The van der Waals surface area contributed by atoms with E-state index in [0.29, 0.717) is 17.5 Å². The van der Waals surface area contributed by atoms with Gasteiger partial charge in [-0.25, -0.2) is 9.37 Å². The van der Waals surface area contributed by atoms with E-state index in [2.05, 4.69) is 22.2 Å². The van der Waals surface area contributed by atoms with E-state index in [1.54, 1.807) is 25.1 Å². The van der Waals surface area contributed by atoms with Gasteiger partial charge in [0.15, 0.2) is 0 Å². The van der Waals surface area contributed by atoms with Crippen LogP contribution in [0.15, 0.2) is 30.3 Å². The lowest BCUT2D eigenvalue weighted by Gasteiger charge is -2.08. The smallest absolute Gasteiger partial charge is 0.224 e. The van der Waals surface area contributed by atoms with Gasteiger partial charge in [0.1, 0.15) is 23.2 Å². The summed E-state index contributed by atoms with van der Waals surface area (Å²) < 4.78 is 18.4. The predicted octanol–water partition coefficient (Wildman–Crippen LogP) is 3.54. The maximum atomic E-state index is 12.8. The van der Waals surface area contributed by atoms with Crippen molar-refractivity contribution in [1.29, 1.82) is 0 Å². The van der Waals surface area contributed by atoms with Crippen LogP contribution in [0.3, 0.4) is 0 Å². The molecular weight excluding hydrogens is 245 g/mol. The molecule has 1 N–H and O–H groups in total. The summed E-state index contributed by atoms with van der Waals surface area (Å²) in [4.78, 5) is 8.46. The quantitative estimate of drug-likeness (QED) is 0.894. The first-order chi connectivity index (χ1) is 9.17. The van der Waals surface area contributed by atoms with E-state index in [4.69, 9.17) is 4.74 Å². The zero-order valence-corrected chi connectivity index (χ0v) is 11.0. The molecule has 0 radical (unpaired) electrons. The average molecular weight is 261 g/mol. The summed E-state index contributed by atoms with van der Waals surface area (Å²) in [5.74, 6) is 2.04. The molecule has 100 valence electrons. The third kappa shape index (κ3) is 3.91. The summed E-state index contributed by atoms with van der Waals surface area (Å²) >= 11 is 0. The van der Waals surface area contributed by atoms with Crippen molar-refractivity contribution in [3.8, 4) is 11.6 Å². The van der Waals surface area contributed by atoms with Gasteiger partial charge in [-0.15, -0.1) is 0 Å². The standard InChI is InChI=1S/C14H16FN3O/c1-3-8-16-13-9-14(18-10(2)17-13)19-12-6-4-11(15)5-7-12/h4-7,9H,3,8H2,1-2H3,(H,16,17,18). The lowest BCUT2D eigenvalue weighted by molar-refractivity contribution is 0.458. The highest BCUT2D eigenvalue weighted by atomic mass is 19.1. The third-order valence-corrected chi connectivity index (χ3v) is 2.41. The zero-order valence-electron chi connectivity index (χ0n) is 11.0. The molecule has 19 heavy (non-hydrogen) atoms. The molecule has 0 spiro atoms. The molecule has 0 fully saturated rings. The Morgan fingerprint density at radius 2 is 1.95 bits per heavy atom. The van der Waals surface area contributed by atoms with Gasteiger partial charge in [-0.1, -0.05) is 6.92 Å². The second kappa shape index (κ2) is 6.13. The Morgan fingerprint density at radius 1 is 1.21 bits per heavy atom. The van der Waals surface area contributed by atoms with E-state index < -0.39 is 0 Å². The van der Waals surface area contributed by atoms with E-state index in [0.717, 1.165) is 18.8 Å². The predicted molar refractivity (Wildman–Crippen MR) is 72.0 cm³/mol. The van der Waals surface area contributed by atoms with Crippen LogP contribution in [-0.2, 0) is 0 Å². The SMILES string of the molecule is CCCNc1cc(Oc2ccc(F)cc2)nc(C)n1. The molecule has 5 heteroatoms. The van der Waals surface area contributed by atoms with Crippen molar-refractivity contribution in [1.82, 2.24) is 9.97 Å². The molecule has 1 heterocycles. The maximum Gasteiger partial charge on any atom is 0.224 e. The summed E-state index contributed by atoms with van der Waals surface area (Å²) in [5, 5.41) is 3.18. The van der Waals surface area contributed by atoms with Crippen molar-refractivity contribution in [2.75, 3.05) is 11.9 Å². The topological polar surface area (TPSA) is 47.0 Å². The van der Waals surface area contributed by atoms with Crippen LogP contribution in [0.25, 0.3) is 0 Å². The molecule has 4 nitrogen and oxygen atoms in total. The molecule has 0 bridgehead atoms. The third-order valence-electron chi connectivity index (χ3n) is 2.41. The first-order valence-electron chi connectivity index (χ1n) is 6.20. The van der Waals surface area contributed by atoms with E-state index in [1.807, 2.05) is 0 Å². The monoisotopic (exact) mass is 261 g/mol. The minimum absolute atomic E-state index is 0.295. The van der Waals surface area contributed by atoms with Gasteiger partial charge in [-0.3, -0.25) is 0 Å². The Kier molecular flexibility index (Phi) is 4.28. The summed E-state index contributed by atoms with van der Waals surface area (Å²) in [7, 11) is 0. The maximum absolute atomic E-state index is 12.8. The fraction of sp³-hybridized carbons (Fsp3) is 0.286. The van der Waals surface area contributed by atoms with Crippen molar-refractivity contribution in [2.24, 2.45) is 0 Å². The lowest BCUT2D eigenvalue weighted by atomic mass is 10.3. The summed E-state index contributed by atoms with van der Waals surface area (Å²) in [5.41, 5.74) is 0. The molecule has 0 aliphatic carbocycles. The van der Waals surface area contributed by atoms with E-state index in [1.165, 1.54) is 12.1 Å². The van der Waals surface area contributed by atoms with Gasteiger partial charge in [0, 0.05) is 12.6 Å². The van der Waals surface area contributed by atoms with Gasteiger partial charge in [0.05, 0.1) is 0 Å². The summed E-state index contributed by atoms with van der Waals surface area (Å²) in [6.07, 6.45) is 1.01. The van der Waals surface area contributed by atoms with Gasteiger partial charge in [-0.05, 0) is 37.6 Å². The highest BCUT2D eigenvalue weighted by molar-refractivity contribution is 5.39. The second-order valence-electron chi connectivity index (χ2n) is 4.12. The Labute approximate surface area is 111 Å². The van der Waals surface area contributed by atoms with Crippen molar-refractivity contribution in [3.63, 3.8) is 0 Å². The molecule has 2 aromatic rings. The van der Waals surface area contributed by atoms with Crippen LogP contribution in [0, 0.1) is 12.7 Å². The van der Waals surface area contributed by atoms with Crippen molar-refractivity contribution < 1.29 is 9.13 Å². The van der Waals surface area contributed by atoms with Crippen molar-refractivity contribution in [2.45, 2.75) is 20.3 Å². The zero-order chi connectivity index (χ0) is 13.7. The minimum Gasteiger partial charge on any atom is -0.439 e. The van der Waals surface area contributed by atoms with Crippen LogP contribution >= 0.6 is 0 Å². The molecule has 0 unspecified atom stereocenters. The number of hydrogen-bond acceptors (Lipinski definition) is 4. The number of rotatable bonds is 5. The number of benzene rings is 1. The summed E-state index contributed by atoms with van der Waals surface area (Å²) in [6.45, 7) is 4.72. The lowest BCUT2D eigenvalue weighted by Crippen LogP contribution is -2.04. The number of aryl methyl sites for hydroxylation is 1. The number of nitrogens with one attached hydrogen (secondary N) is 1. The molecular formula is C14H16FN3O. The first kappa shape index (κ1) is 13.3. The van der Waals surface area contributed by atoms with Crippen LogP contribution in [0.1, 0.15) is 19.2 Å². The van der Waals surface area contributed by atoms with Gasteiger partial charge in [0.25, 0.3) is 0 Å². The van der Waals surface area contributed by atoms with Crippen LogP contribution < -0.4 is 10.1 Å². The van der Waals surface area contributed by atoms with Crippen molar-refractivity contribution >= 4 is 5.82 Å². The highest BCUT2D eigenvalue weighted by Gasteiger charge is 2.04. The molecule has 0 saturated heterocycles. The molecule has 0 amide bonds. The number of ether oxygens (including phenoxy) is 1. The van der Waals surface area contributed by atoms with Crippen LogP contribution in [0.2, 0.25) is 0 Å². The molecule has 0 atom stereocenters. The first-order valence-corrected chi connectivity index (χ1v) is 6.20. The van der Waals surface area contributed by atoms with Crippen LogP contribution in [0.5, 0.6) is 11.6 Å². The molecule has 0 saturated carbocycles. The number of halogens is 1. The molecule has 2 rings (SSSR count). The van der Waals surface area contributed by atoms with E-state index >= 15 is 0 Å². The van der Waals surface area contributed by atoms with Crippen LogP contribution in [-0.4, -0.2) is 16.5 Å². The highest BCUT2D eigenvalue weighted by Crippen LogP contribution is 2.21. The molecule has 0 aliphatic heterocycles. The number of anilines is 1. The minimum atomic E-state index is -0.295. The molecule has 1 aromatic carbocycles. The average Bonchev–Trinajstić information content (AvgIpc) is 2.38. The van der Waals surface area contributed by atoms with Crippen LogP contribution in [0.4, 0.5) is 10.2 Å².